The van der Waals surface area contributed by atoms with Crippen molar-refractivity contribution in [1.82, 2.24) is 5.32 Å². The molecule has 1 nitrogen and oxygen atoms in total. The molecule has 110 valence electrons. The number of hydrogen-bond donors (Lipinski definition) is 1. The molecule has 5 heteroatoms. The summed E-state index contributed by atoms with van der Waals surface area (Å²) in [7, 11) is 0. The van der Waals surface area contributed by atoms with Gasteiger partial charge in [-0.15, -0.1) is 0 Å². The summed E-state index contributed by atoms with van der Waals surface area (Å²) in [4.78, 5) is 0. The van der Waals surface area contributed by atoms with E-state index in [2.05, 4.69) is 17.5 Å². The van der Waals surface area contributed by atoms with Gasteiger partial charge in [0.15, 0.2) is 23.3 Å². The predicted molar refractivity (Wildman–Crippen MR) is 67.2 cm³/mol. The minimum absolute atomic E-state index is 0.0265. The minimum Gasteiger partial charge on any atom is -0.302 e. The van der Waals surface area contributed by atoms with Crippen LogP contribution >= 0.6 is 0 Å². The van der Waals surface area contributed by atoms with Crippen LogP contribution in [0.4, 0.5) is 17.6 Å². The molecule has 4 bridgehead atoms. The normalized spacial score (nSPS) is 41.5. The molecule has 0 spiro atoms. The van der Waals surface area contributed by atoms with E-state index in [9.17, 15) is 17.6 Å². The van der Waals surface area contributed by atoms with Crippen molar-refractivity contribution in [2.75, 3.05) is 0 Å². The van der Waals surface area contributed by atoms with E-state index in [1.807, 2.05) is 0 Å². The minimum atomic E-state index is -1.69. The highest BCUT2D eigenvalue weighted by atomic mass is 19.2. The molecule has 0 amide bonds. The second kappa shape index (κ2) is 3.69. The summed E-state index contributed by atoms with van der Waals surface area (Å²) in [5, 5.41) is 3.22. The fraction of sp³-hybridized carbons (Fsp3) is 0.500. The van der Waals surface area contributed by atoms with Crippen LogP contribution in [0.25, 0.3) is 0 Å². The number of hydrogen-bond acceptors (Lipinski definition) is 1. The zero-order valence-corrected chi connectivity index (χ0v) is 11.0. The average Bonchev–Trinajstić information content (AvgIpc) is 3.10. The molecule has 0 radical (unpaired) electrons. The quantitative estimate of drug-likeness (QED) is 0.332. The van der Waals surface area contributed by atoms with Crippen molar-refractivity contribution < 1.29 is 17.6 Å². The molecule has 5 aliphatic rings. The Kier molecular flexibility index (Phi) is 2.15. The van der Waals surface area contributed by atoms with Gasteiger partial charge in [-0.05, 0) is 36.5 Å². The molecule has 1 saturated carbocycles. The number of halogens is 4. The summed E-state index contributed by atoms with van der Waals surface area (Å²) in [6.07, 6.45) is 6.39. The molecular weight excluding hydrogens is 282 g/mol. The molecule has 21 heavy (non-hydrogen) atoms. The standard InChI is InChI=1S/C16H13F4N/c17-11-9-10(12(18)14(20)13(11)19)16-8-6-2-1-5(3-4-6)7(8)15(9)21-16/h1-2,5-8,15-16,21H,3-4H2/t5-,6+,7-,8+,15-,16+. The number of fused-ring (bicyclic) bond motifs is 6. The maximum absolute atomic E-state index is 14.2. The highest BCUT2D eigenvalue weighted by Gasteiger charge is 2.60. The van der Waals surface area contributed by atoms with Crippen molar-refractivity contribution in [2.45, 2.75) is 24.9 Å². The molecule has 0 unspecified atom stereocenters. The summed E-state index contributed by atoms with van der Waals surface area (Å²) < 4.78 is 55.4. The second-order valence-corrected chi connectivity index (χ2v) is 6.65. The Labute approximate surface area is 119 Å². The van der Waals surface area contributed by atoms with Crippen molar-refractivity contribution >= 4 is 0 Å². The van der Waals surface area contributed by atoms with E-state index in [0.29, 0.717) is 11.8 Å². The first-order valence-electron chi connectivity index (χ1n) is 7.39. The summed E-state index contributed by atoms with van der Waals surface area (Å²) in [5.74, 6) is -4.81. The first kappa shape index (κ1) is 12.2. The topological polar surface area (TPSA) is 12.0 Å². The highest BCUT2D eigenvalue weighted by molar-refractivity contribution is 5.46. The number of benzene rings is 1. The third-order valence-electron chi connectivity index (χ3n) is 5.96. The first-order valence-corrected chi connectivity index (χ1v) is 7.39. The van der Waals surface area contributed by atoms with Crippen molar-refractivity contribution in [1.29, 1.82) is 0 Å². The van der Waals surface area contributed by atoms with Crippen LogP contribution in [-0.4, -0.2) is 0 Å². The summed E-state index contributed by atoms with van der Waals surface area (Å²) >= 11 is 0. The van der Waals surface area contributed by atoms with Crippen LogP contribution in [0.5, 0.6) is 0 Å². The van der Waals surface area contributed by atoms with Gasteiger partial charge in [0.2, 0.25) is 0 Å². The average molecular weight is 295 g/mol. The van der Waals surface area contributed by atoms with Gasteiger partial charge in [-0.25, -0.2) is 17.6 Å². The fourth-order valence-corrected chi connectivity index (χ4v) is 5.25. The van der Waals surface area contributed by atoms with Gasteiger partial charge in [-0.3, -0.25) is 0 Å². The Morgan fingerprint density at radius 2 is 1.14 bits per heavy atom. The fourth-order valence-electron chi connectivity index (χ4n) is 5.25. The maximum atomic E-state index is 14.2. The SMILES string of the molecule is Fc1c(F)c(F)c2c(c1F)[C@H]1N[C@@H]2[C@H]2[C@@H]1[C@H]1C=C[C@@H]2CC1. The van der Waals surface area contributed by atoms with Crippen LogP contribution in [0.1, 0.15) is 36.1 Å². The van der Waals surface area contributed by atoms with Crippen molar-refractivity contribution in [3.8, 4) is 0 Å². The van der Waals surface area contributed by atoms with E-state index in [1.165, 1.54) is 0 Å². The van der Waals surface area contributed by atoms with Crippen LogP contribution in [0.2, 0.25) is 0 Å². The maximum Gasteiger partial charge on any atom is 0.197 e. The molecule has 2 fully saturated rings. The molecule has 0 aromatic heterocycles. The van der Waals surface area contributed by atoms with E-state index in [0.717, 1.165) is 12.8 Å². The Morgan fingerprint density at radius 1 is 0.714 bits per heavy atom. The van der Waals surface area contributed by atoms with Gasteiger partial charge >= 0.3 is 0 Å². The zero-order valence-electron chi connectivity index (χ0n) is 11.0. The molecule has 2 aliphatic heterocycles. The lowest BCUT2D eigenvalue weighted by Crippen LogP contribution is -2.40. The Morgan fingerprint density at radius 3 is 1.52 bits per heavy atom. The zero-order chi connectivity index (χ0) is 14.5. The van der Waals surface area contributed by atoms with Crippen LogP contribution in [-0.2, 0) is 0 Å². The summed E-state index contributed by atoms with van der Waals surface area (Å²) in [5.41, 5.74) is 0.0530. The molecule has 2 heterocycles. The van der Waals surface area contributed by atoms with Gasteiger partial charge in [0, 0.05) is 23.2 Å². The summed E-state index contributed by atoms with van der Waals surface area (Å²) in [6.45, 7) is 0. The van der Waals surface area contributed by atoms with E-state index in [4.69, 9.17) is 0 Å². The van der Waals surface area contributed by atoms with Gasteiger partial charge in [0.1, 0.15) is 0 Å². The molecule has 1 N–H and O–H groups in total. The second-order valence-electron chi connectivity index (χ2n) is 6.65. The molecular formula is C16H13F4N. The molecule has 6 rings (SSSR count). The van der Waals surface area contributed by atoms with Gasteiger partial charge in [0.05, 0.1) is 0 Å². The Hall–Kier alpha value is -1.36. The first-order chi connectivity index (χ1) is 10.1. The van der Waals surface area contributed by atoms with E-state index >= 15 is 0 Å². The highest BCUT2D eigenvalue weighted by Crippen LogP contribution is 2.63. The molecule has 1 saturated heterocycles. The van der Waals surface area contributed by atoms with Gasteiger partial charge < -0.3 is 5.32 Å². The monoisotopic (exact) mass is 295 g/mol. The largest absolute Gasteiger partial charge is 0.302 e. The van der Waals surface area contributed by atoms with Crippen LogP contribution < -0.4 is 5.32 Å². The van der Waals surface area contributed by atoms with E-state index in [1.54, 1.807) is 0 Å². The summed E-state index contributed by atoms with van der Waals surface area (Å²) in [6, 6.07) is -0.783. The number of allylic oxidation sites excluding steroid dienone is 2. The molecule has 1 aromatic rings. The van der Waals surface area contributed by atoms with Gasteiger partial charge in [-0.1, -0.05) is 12.2 Å². The van der Waals surface area contributed by atoms with Crippen LogP contribution in [0, 0.1) is 46.9 Å². The molecule has 6 atom stereocenters. The molecule has 1 aromatic carbocycles. The smallest absolute Gasteiger partial charge is 0.197 e. The third-order valence-corrected chi connectivity index (χ3v) is 5.96. The number of rotatable bonds is 0. The van der Waals surface area contributed by atoms with E-state index in [-0.39, 0.29) is 23.0 Å². The lowest BCUT2D eigenvalue weighted by molar-refractivity contribution is 0.118. The predicted octanol–water partition coefficient (Wildman–Crippen LogP) is 3.77. The van der Waals surface area contributed by atoms with Gasteiger partial charge in [-0.2, -0.15) is 0 Å². The number of nitrogens with one attached hydrogen (secondary N) is 1. The lowest BCUT2D eigenvalue weighted by atomic mass is 9.57. The van der Waals surface area contributed by atoms with Crippen LogP contribution in [0.3, 0.4) is 0 Å². The molecule has 3 aliphatic carbocycles. The lowest BCUT2D eigenvalue weighted by Gasteiger charge is -2.46. The van der Waals surface area contributed by atoms with Crippen molar-refractivity contribution in [3.05, 3.63) is 46.5 Å². The van der Waals surface area contributed by atoms with E-state index < -0.39 is 35.4 Å². The van der Waals surface area contributed by atoms with Crippen LogP contribution in [0.15, 0.2) is 12.2 Å². The third kappa shape index (κ3) is 1.24. The van der Waals surface area contributed by atoms with Crippen molar-refractivity contribution in [2.24, 2.45) is 23.7 Å². The Bertz CT molecular complexity index is 641. The van der Waals surface area contributed by atoms with Gasteiger partial charge in [0.25, 0.3) is 0 Å². The van der Waals surface area contributed by atoms with Crippen molar-refractivity contribution in [3.63, 3.8) is 0 Å². The Balaban J connectivity index is 1.76.